The van der Waals surface area contributed by atoms with Gasteiger partial charge in [0.05, 0.1) is 17.3 Å². The number of benzene rings is 1. The second kappa shape index (κ2) is 8.53. The highest BCUT2D eigenvalue weighted by molar-refractivity contribution is 6.33. The van der Waals surface area contributed by atoms with E-state index < -0.39 is 0 Å². The zero-order valence-corrected chi connectivity index (χ0v) is 14.0. The number of aliphatic hydroxyl groups excluding tert-OH is 1. The van der Waals surface area contributed by atoms with Gasteiger partial charge in [-0.1, -0.05) is 51.4 Å². The van der Waals surface area contributed by atoms with E-state index in [0.29, 0.717) is 11.8 Å². The van der Waals surface area contributed by atoms with Gasteiger partial charge in [0, 0.05) is 18.7 Å². The van der Waals surface area contributed by atoms with Crippen molar-refractivity contribution in [2.45, 2.75) is 47.1 Å². The first-order valence-electron chi connectivity index (χ1n) is 7.58. The monoisotopic (exact) mass is 297 g/mol. The molecule has 2 nitrogen and oxygen atoms in total. The van der Waals surface area contributed by atoms with Gasteiger partial charge in [-0.05, 0) is 30.7 Å². The largest absolute Gasteiger partial charge is 0.392 e. The smallest absolute Gasteiger partial charge is 0.0702 e. The molecule has 1 N–H and O–H groups in total. The van der Waals surface area contributed by atoms with Gasteiger partial charge < -0.3 is 10.0 Å². The second-order valence-corrected chi connectivity index (χ2v) is 6.66. The molecule has 0 bridgehead atoms. The van der Waals surface area contributed by atoms with Crippen LogP contribution in [0.1, 0.15) is 46.1 Å². The van der Waals surface area contributed by atoms with Crippen LogP contribution in [0.25, 0.3) is 0 Å². The van der Waals surface area contributed by atoms with E-state index in [4.69, 9.17) is 11.6 Å². The van der Waals surface area contributed by atoms with Crippen LogP contribution < -0.4 is 4.90 Å². The van der Waals surface area contributed by atoms with Crippen LogP contribution in [0.4, 0.5) is 5.69 Å². The van der Waals surface area contributed by atoms with Crippen LogP contribution in [-0.4, -0.2) is 18.2 Å². The van der Waals surface area contributed by atoms with Crippen molar-refractivity contribution in [1.82, 2.24) is 0 Å². The van der Waals surface area contributed by atoms with Crippen LogP contribution in [-0.2, 0) is 6.61 Å². The SMILES string of the molecule is CC(C)CCN(CCC(C)C)c1c(Cl)cccc1CO. The molecule has 1 aromatic rings. The molecule has 20 heavy (non-hydrogen) atoms. The lowest BCUT2D eigenvalue weighted by atomic mass is 10.1. The van der Waals surface area contributed by atoms with Gasteiger partial charge in [0.25, 0.3) is 0 Å². The third kappa shape index (κ3) is 5.34. The molecule has 0 atom stereocenters. The summed E-state index contributed by atoms with van der Waals surface area (Å²) in [5.74, 6) is 1.33. The van der Waals surface area contributed by atoms with E-state index in [-0.39, 0.29) is 6.61 Å². The van der Waals surface area contributed by atoms with Crippen molar-refractivity contribution in [2.75, 3.05) is 18.0 Å². The van der Waals surface area contributed by atoms with E-state index in [1.54, 1.807) is 0 Å². The van der Waals surface area contributed by atoms with Crippen molar-refractivity contribution in [3.05, 3.63) is 28.8 Å². The maximum absolute atomic E-state index is 9.56. The molecule has 0 heterocycles. The van der Waals surface area contributed by atoms with Crippen LogP contribution in [0.5, 0.6) is 0 Å². The number of rotatable bonds is 8. The summed E-state index contributed by atoms with van der Waals surface area (Å²) >= 11 is 6.38. The Hall–Kier alpha value is -0.730. The van der Waals surface area contributed by atoms with Crippen molar-refractivity contribution in [3.63, 3.8) is 0 Å². The summed E-state index contributed by atoms with van der Waals surface area (Å²) in [5, 5.41) is 10.3. The number of nitrogens with zero attached hydrogens (tertiary/aromatic N) is 1. The van der Waals surface area contributed by atoms with E-state index in [1.807, 2.05) is 18.2 Å². The Balaban J connectivity index is 2.96. The average molecular weight is 298 g/mol. The van der Waals surface area contributed by atoms with Crippen molar-refractivity contribution in [1.29, 1.82) is 0 Å². The van der Waals surface area contributed by atoms with E-state index in [9.17, 15) is 5.11 Å². The maximum Gasteiger partial charge on any atom is 0.0702 e. The minimum absolute atomic E-state index is 0.0375. The average Bonchev–Trinajstić information content (AvgIpc) is 2.39. The highest BCUT2D eigenvalue weighted by Crippen LogP contribution is 2.31. The van der Waals surface area contributed by atoms with E-state index in [2.05, 4.69) is 32.6 Å². The number of anilines is 1. The zero-order valence-electron chi connectivity index (χ0n) is 13.2. The molecule has 0 aliphatic heterocycles. The predicted octanol–water partition coefficient (Wildman–Crippen LogP) is 4.73. The molecule has 1 aromatic carbocycles. The van der Waals surface area contributed by atoms with Crippen LogP contribution in [0.2, 0.25) is 5.02 Å². The highest BCUT2D eigenvalue weighted by atomic mass is 35.5. The van der Waals surface area contributed by atoms with E-state index >= 15 is 0 Å². The normalized spacial score (nSPS) is 11.4. The quantitative estimate of drug-likeness (QED) is 0.750. The lowest BCUT2D eigenvalue weighted by molar-refractivity contribution is 0.282. The first kappa shape index (κ1) is 17.3. The van der Waals surface area contributed by atoms with Gasteiger partial charge in [-0.3, -0.25) is 0 Å². The van der Waals surface area contributed by atoms with Crippen LogP contribution in [0.15, 0.2) is 18.2 Å². The summed E-state index contributed by atoms with van der Waals surface area (Å²) in [5.41, 5.74) is 1.93. The third-order valence-corrected chi connectivity index (χ3v) is 3.81. The number of aliphatic hydroxyl groups is 1. The van der Waals surface area contributed by atoms with Gasteiger partial charge in [-0.2, -0.15) is 0 Å². The Morgan fingerprint density at radius 3 is 2.05 bits per heavy atom. The summed E-state index contributed by atoms with van der Waals surface area (Å²) in [7, 11) is 0. The minimum atomic E-state index is 0.0375. The number of para-hydroxylation sites is 1. The van der Waals surface area contributed by atoms with E-state index in [0.717, 1.165) is 42.2 Å². The molecule has 0 radical (unpaired) electrons. The van der Waals surface area contributed by atoms with E-state index in [1.165, 1.54) is 0 Å². The molecule has 0 fully saturated rings. The molecule has 0 aromatic heterocycles. The Bertz CT molecular complexity index is 392. The molecule has 1 rings (SSSR count). The molecule has 3 heteroatoms. The van der Waals surface area contributed by atoms with Gasteiger partial charge in [-0.15, -0.1) is 0 Å². The van der Waals surface area contributed by atoms with Crippen LogP contribution in [0.3, 0.4) is 0 Å². The maximum atomic E-state index is 9.56. The fourth-order valence-corrected chi connectivity index (χ4v) is 2.52. The molecule has 0 aliphatic rings. The lowest BCUT2D eigenvalue weighted by Gasteiger charge is -2.29. The summed E-state index contributed by atoms with van der Waals surface area (Å²) in [4.78, 5) is 2.34. The Morgan fingerprint density at radius 2 is 1.60 bits per heavy atom. The number of hydrogen-bond donors (Lipinski definition) is 1. The molecule has 0 aliphatic carbocycles. The standard InChI is InChI=1S/C17H28ClNO/c1-13(2)8-10-19(11-9-14(3)4)17-15(12-20)6-5-7-16(17)18/h5-7,13-14,20H,8-12H2,1-4H3. The van der Waals surface area contributed by atoms with Crippen molar-refractivity contribution in [2.24, 2.45) is 11.8 Å². The fourth-order valence-electron chi connectivity index (χ4n) is 2.21. The van der Waals surface area contributed by atoms with Gasteiger partial charge in [0.1, 0.15) is 0 Å². The first-order chi connectivity index (χ1) is 9.45. The molecule has 0 saturated carbocycles. The van der Waals surface area contributed by atoms with Crippen LogP contribution in [0, 0.1) is 11.8 Å². The Morgan fingerprint density at radius 1 is 1.05 bits per heavy atom. The summed E-state index contributed by atoms with van der Waals surface area (Å²) in [6.07, 6.45) is 2.27. The Labute approximate surface area is 128 Å². The summed E-state index contributed by atoms with van der Waals surface area (Å²) < 4.78 is 0. The molecule has 114 valence electrons. The molecular weight excluding hydrogens is 270 g/mol. The molecule has 0 unspecified atom stereocenters. The fraction of sp³-hybridized carbons (Fsp3) is 0.647. The molecule has 0 saturated heterocycles. The summed E-state index contributed by atoms with van der Waals surface area (Å²) in [6.45, 7) is 11.0. The first-order valence-corrected chi connectivity index (χ1v) is 7.96. The zero-order chi connectivity index (χ0) is 15.1. The lowest BCUT2D eigenvalue weighted by Crippen LogP contribution is -2.28. The second-order valence-electron chi connectivity index (χ2n) is 6.26. The number of hydrogen-bond acceptors (Lipinski definition) is 2. The van der Waals surface area contributed by atoms with Gasteiger partial charge in [0.15, 0.2) is 0 Å². The third-order valence-electron chi connectivity index (χ3n) is 3.51. The highest BCUT2D eigenvalue weighted by Gasteiger charge is 2.15. The van der Waals surface area contributed by atoms with Crippen LogP contribution >= 0.6 is 11.6 Å². The predicted molar refractivity (Wildman–Crippen MR) is 88.5 cm³/mol. The summed E-state index contributed by atoms with van der Waals surface area (Å²) in [6, 6.07) is 5.77. The Kier molecular flexibility index (Phi) is 7.39. The van der Waals surface area contributed by atoms with Gasteiger partial charge >= 0.3 is 0 Å². The van der Waals surface area contributed by atoms with Gasteiger partial charge in [0.2, 0.25) is 0 Å². The van der Waals surface area contributed by atoms with Crippen molar-refractivity contribution in [3.8, 4) is 0 Å². The minimum Gasteiger partial charge on any atom is -0.392 e. The topological polar surface area (TPSA) is 23.5 Å². The molecule has 0 spiro atoms. The molecular formula is C17H28ClNO. The number of halogens is 1. The molecule has 0 amide bonds. The van der Waals surface area contributed by atoms with Crippen molar-refractivity contribution >= 4 is 17.3 Å². The van der Waals surface area contributed by atoms with Gasteiger partial charge in [-0.25, -0.2) is 0 Å². The van der Waals surface area contributed by atoms with Crippen molar-refractivity contribution < 1.29 is 5.11 Å².